The summed E-state index contributed by atoms with van der Waals surface area (Å²) < 4.78 is 14.5. The standard InChI is InChI=1S/C26H55O4P.2K/c1-2-3-4-5-6-7-8-9-10-11-12-13-14-15-16-17-18-19-20-21-22-23-24-25-26-30-31(27,28)29;;/h2-26H2,1H3,(H2,27,28,29);;/q;2*+1/p-2. The van der Waals surface area contributed by atoms with Crippen LogP contribution in [0.25, 0.3) is 0 Å². The Balaban J connectivity index is -0.00000450. The molecule has 0 N–H and O–H groups in total. The van der Waals surface area contributed by atoms with E-state index in [1.807, 2.05) is 0 Å². The number of unbranched alkanes of at least 4 members (excludes halogenated alkanes) is 23. The van der Waals surface area contributed by atoms with Crippen molar-refractivity contribution in [3.63, 3.8) is 0 Å². The number of hydrogen-bond acceptors (Lipinski definition) is 4. The molecule has 33 heavy (non-hydrogen) atoms. The summed E-state index contributed by atoms with van der Waals surface area (Å²) in [5.41, 5.74) is 0. The SMILES string of the molecule is CCCCCCCCCCCCCCCCCCCCCCCCCCOP(=O)([O-])[O-].[K+].[K+]. The third-order valence-corrected chi connectivity index (χ3v) is 6.75. The molecular formula is C26H53K2O4P. The van der Waals surface area contributed by atoms with Gasteiger partial charge in [0, 0.05) is 0 Å². The molecule has 0 saturated heterocycles. The maximum Gasteiger partial charge on any atom is 1.00 e. The Kier molecular flexibility index (Phi) is 41.4. The van der Waals surface area contributed by atoms with Gasteiger partial charge in [0.2, 0.25) is 0 Å². The Labute approximate surface area is 292 Å². The Morgan fingerprint density at radius 2 is 0.667 bits per heavy atom. The number of phosphoric acid groups is 1. The van der Waals surface area contributed by atoms with Crippen molar-refractivity contribution in [2.45, 2.75) is 161 Å². The molecule has 188 valence electrons. The zero-order chi connectivity index (χ0) is 22.9. The first kappa shape index (κ1) is 40.9. The molecule has 0 aromatic heterocycles. The Morgan fingerprint density at radius 3 is 0.879 bits per heavy atom. The van der Waals surface area contributed by atoms with Crippen molar-refractivity contribution in [2.24, 2.45) is 0 Å². The molecule has 0 aliphatic rings. The molecule has 0 amide bonds. The van der Waals surface area contributed by atoms with Gasteiger partial charge in [-0.1, -0.05) is 155 Å². The normalized spacial score (nSPS) is 11.2. The Bertz CT molecular complexity index is 394. The van der Waals surface area contributed by atoms with Gasteiger partial charge in [-0.3, -0.25) is 0 Å². The zero-order valence-electron chi connectivity index (χ0n) is 22.8. The summed E-state index contributed by atoms with van der Waals surface area (Å²) in [7, 11) is -4.76. The van der Waals surface area contributed by atoms with E-state index in [1.54, 1.807) is 0 Å². The van der Waals surface area contributed by atoms with E-state index in [2.05, 4.69) is 11.4 Å². The second kappa shape index (κ2) is 33.4. The quantitative estimate of drug-likeness (QED) is 0.0962. The van der Waals surface area contributed by atoms with Crippen molar-refractivity contribution in [2.75, 3.05) is 6.61 Å². The van der Waals surface area contributed by atoms with Gasteiger partial charge >= 0.3 is 103 Å². The van der Waals surface area contributed by atoms with E-state index in [-0.39, 0.29) is 109 Å². The fourth-order valence-corrected chi connectivity index (χ4v) is 4.59. The van der Waals surface area contributed by atoms with Gasteiger partial charge in [-0.25, -0.2) is 0 Å². The molecule has 0 spiro atoms. The monoisotopic (exact) mass is 538 g/mol. The molecule has 4 nitrogen and oxygen atoms in total. The second-order valence-corrected chi connectivity index (χ2v) is 10.6. The molecule has 0 aromatic rings. The molecule has 0 aliphatic heterocycles. The molecular weight excluding hydrogens is 485 g/mol. The average Bonchev–Trinajstić information content (AvgIpc) is 2.73. The van der Waals surface area contributed by atoms with Crippen LogP contribution in [0.3, 0.4) is 0 Å². The largest absolute Gasteiger partial charge is 1.00 e. The summed E-state index contributed by atoms with van der Waals surface area (Å²) in [6.07, 6.45) is 32.1. The molecule has 0 fully saturated rings. The number of rotatable bonds is 26. The van der Waals surface area contributed by atoms with Crippen LogP contribution in [0.1, 0.15) is 161 Å². The molecule has 0 saturated carbocycles. The van der Waals surface area contributed by atoms with Crippen LogP contribution >= 0.6 is 7.82 Å². The third kappa shape index (κ3) is 40.0. The van der Waals surface area contributed by atoms with Gasteiger partial charge in [-0.05, 0) is 6.42 Å². The van der Waals surface area contributed by atoms with Crippen LogP contribution in [-0.2, 0) is 9.09 Å². The second-order valence-electron chi connectivity index (χ2n) is 9.41. The minimum absolute atomic E-state index is 0. The summed E-state index contributed by atoms with van der Waals surface area (Å²) in [5.74, 6) is 0. The van der Waals surface area contributed by atoms with Crippen LogP contribution in [0.15, 0.2) is 0 Å². The van der Waals surface area contributed by atoms with E-state index >= 15 is 0 Å². The molecule has 0 unspecified atom stereocenters. The first-order valence-corrected chi connectivity index (χ1v) is 15.2. The van der Waals surface area contributed by atoms with E-state index in [0.29, 0.717) is 6.42 Å². The molecule has 0 heterocycles. The summed E-state index contributed by atoms with van der Waals surface area (Å²) in [6, 6.07) is 0. The van der Waals surface area contributed by atoms with E-state index < -0.39 is 7.82 Å². The van der Waals surface area contributed by atoms with Gasteiger partial charge in [-0.2, -0.15) is 0 Å². The fraction of sp³-hybridized carbons (Fsp3) is 1.00. The van der Waals surface area contributed by atoms with Crippen molar-refractivity contribution in [3.8, 4) is 0 Å². The third-order valence-electron chi connectivity index (χ3n) is 6.25. The zero-order valence-corrected chi connectivity index (χ0v) is 29.9. The van der Waals surface area contributed by atoms with E-state index in [1.165, 1.54) is 135 Å². The van der Waals surface area contributed by atoms with Crippen LogP contribution in [0.2, 0.25) is 0 Å². The van der Waals surface area contributed by atoms with Crippen molar-refractivity contribution < 1.29 is 122 Å². The van der Waals surface area contributed by atoms with E-state index in [0.717, 1.165) is 12.8 Å². The van der Waals surface area contributed by atoms with Crippen molar-refractivity contribution in [3.05, 3.63) is 0 Å². The smallest absolute Gasteiger partial charge is 0.790 e. The van der Waals surface area contributed by atoms with Crippen molar-refractivity contribution >= 4 is 7.82 Å². The number of phosphoric ester groups is 1. The van der Waals surface area contributed by atoms with Gasteiger partial charge in [0.1, 0.15) is 0 Å². The van der Waals surface area contributed by atoms with Crippen LogP contribution in [0, 0.1) is 0 Å². The fourth-order valence-electron chi connectivity index (χ4n) is 4.24. The average molecular weight is 539 g/mol. The Hall–Kier alpha value is 3.38. The molecule has 0 atom stereocenters. The van der Waals surface area contributed by atoms with Crippen molar-refractivity contribution in [1.29, 1.82) is 0 Å². The van der Waals surface area contributed by atoms with Crippen molar-refractivity contribution in [1.82, 2.24) is 0 Å². The van der Waals surface area contributed by atoms with Gasteiger partial charge < -0.3 is 18.9 Å². The van der Waals surface area contributed by atoms with Gasteiger partial charge in [0.25, 0.3) is 0 Å². The molecule has 0 radical (unpaired) electrons. The molecule has 0 bridgehead atoms. The molecule has 0 aromatic carbocycles. The molecule has 7 heteroatoms. The summed E-state index contributed by atoms with van der Waals surface area (Å²) in [4.78, 5) is 20.6. The van der Waals surface area contributed by atoms with E-state index in [9.17, 15) is 14.4 Å². The summed E-state index contributed by atoms with van der Waals surface area (Å²) in [6.45, 7) is 2.33. The maximum atomic E-state index is 10.3. The molecule has 0 aliphatic carbocycles. The van der Waals surface area contributed by atoms with Gasteiger partial charge in [-0.15, -0.1) is 0 Å². The summed E-state index contributed by atoms with van der Waals surface area (Å²) in [5, 5.41) is 0. The predicted molar refractivity (Wildman–Crippen MR) is 130 cm³/mol. The predicted octanol–water partition coefficient (Wildman–Crippen LogP) is 2.22. The topological polar surface area (TPSA) is 72.4 Å². The van der Waals surface area contributed by atoms with Crippen LogP contribution in [0.5, 0.6) is 0 Å². The van der Waals surface area contributed by atoms with Crippen LogP contribution < -0.4 is 113 Å². The van der Waals surface area contributed by atoms with Crippen LogP contribution in [-0.4, -0.2) is 6.61 Å². The van der Waals surface area contributed by atoms with Gasteiger partial charge in [0.15, 0.2) is 0 Å². The summed E-state index contributed by atoms with van der Waals surface area (Å²) >= 11 is 0. The minimum Gasteiger partial charge on any atom is -0.790 e. The van der Waals surface area contributed by atoms with E-state index in [4.69, 9.17) is 0 Å². The maximum absolute atomic E-state index is 10.3. The van der Waals surface area contributed by atoms with Gasteiger partial charge in [0.05, 0.1) is 14.4 Å². The van der Waals surface area contributed by atoms with Crippen LogP contribution in [0.4, 0.5) is 0 Å². The first-order valence-electron chi connectivity index (χ1n) is 13.7. The molecule has 0 rings (SSSR count). The minimum atomic E-state index is -4.76. The number of hydrogen-bond donors (Lipinski definition) is 0. The first-order chi connectivity index (χ1) is 15.1. The Morgan fingerprint density at radius 1 is 0.455 bits per heavy atom.